The minimum absolute atomic E-state index is 0.0414. The molecule has 0 saturated carbocycles. The fourth-order valence-corrected chi connectivity index (χ4v) is 8.01. The van der Waals surface area contributed by atoms with Crippen LogP contribution >= 0.6 is 0 Å². The molecular weight excluding hydrogens is 562 g/mol. The van der Waals surface area contributed by atoms with E-state index in [4.69, 9.17) is 10.5 Å². The fourth-order valence-electron chi connectivity index (χ4n) is 8.01. The minimum Gasteiger partial charge on any atom is -0.457 e. The third-order valence-electron chi connectivity index (χ3n) is 10.4. The lowest BCUT2D eigenvalue weighted by atomic mass is 9.80. The highest BCUT2D eigenvalue weighted by Gasteiger charge is 2.47. The number of ether oxygens (including phenoxy) is 1. The first kappa shape index (κ1) is 31.9. The Morgan fingerprint density at radius 3 is 2.33 bits per heavy atom. The van der Waals surface area contributed by atoms with E-state index in [0.717, 1.165) is 62.4 Å². The third kappa shape index (κ3) is 5.84. The molecule has 4 nitrogen and oxygen atoms in total. The number of quaternary nitrogens is 1. The predicted molar refractivity (Wildman–Crippen MR) is 194 cm³/mol. The molecule has 3 aromatic carbocycles. The molecule has 0 aromatic heterocycles. The van der Waals surface area contributed by atoms with E-state index in [1.165, 1.54) is 39.3 Å². The van der Waals surface area contributed by atoms with E-state index in [-0.39, 0.29) is 10.8 Å². The van der Waals surface area contributed by atoms with E-state index in [0.29, 0.717) is 6.04 Å². The smallest absolute Gasteiger partial charge is 0.135 e. The summed E-state index contributed by atoms with van der Waals surface area (Å²) in [5.41, 5.74) is 16.3. The van der Waals surface area contributed by atoms with Crippen molar-refractivity contribution in [1.82, 2.24) is 0 Å². The molecule has 0 spiro atoms. The van der Waals surface area contributed by atoms with Crippen molar-refractivity contribution in [3.05, 3.63) is 131 Å². The van der Waals surface area contributed by atoms with Crippen molar-refractivity contribution < 1.29 is 9.64 Å². The number of fused-ring (bicyclic) bond motifs is 2. The van der Waals surface area contributed by atoms with Gasteiger partial charge in [-0.1, -0.05) is 76.2 Å². The maximum atomic E-state index is 6.80. The van der Waals surface area contributed by atoms with Gasteiger partial charge in [-0.15, -0.1) is 0 Å². The van der Waals surface area contributed by atoms with Crippen LogP contribution in [0.15, 0.2) is 120 Å². The van der Waals surface area contributed by atoms with Crippen LogP contribution in [-0.4, -0.2) is 19.1 Å². The fraction of sp³-hybridized carbons (Fsp3) is 0.381. The Balaban J connectivity index is 1.42. The molecule has 2 heterocycles. The molecule has 3 N–H and O–H groups in total. The van der Waals surface area contributed by atoms with Gasteiger partial charge < -0.3 is 15.4 Å². The topological polar surface area (TPSA) is 42.9 Å². The largest absolute Gasteiger partial charge is 0.457 e. The molecule has 0 amide bonds. The Labute approximate surface area is 277 Å². The molecule has 2 atom stereocenters. The van der Waals surface area contributed by atoms with Gasteiger partial charge in [-0.25, -0.2) is 0 Å². The second-order valence-electron chi connectivity index (χ2n) is 14.3. The second-order valence-corrected chi connectivity index (χ2v) is 14.3. The maximum absolute atomic E-state index is 6.80. The summed E-state index contributed by atoms with van der Waals surface area (Å²) in [7, 11) is 0. The van der Waals surface area contributed by atoms with Gasteiger partial charge >= 0.3 is 0 Å². The number of allylic oxidation sites excluding steroid dienone is 6. The molecule has 2 aliphatic heterocycles. The molecule has 1 aliphatic carbocycles. The van der Waals surface area contributed by atoms with Gasteiger partial charge in [-0.2, -0.15) is 0 Å². The number of nitrogens with one attached hydrogen (secondary N) is 1. The van der Waals surface area contributed by atoms with Crippen LogP contribution in [-0.2, 0) is 10.8 Å². The zero-order valence-electron chi connectivity index (χ0n) is 28.7. The van der Waals surface area contributed by atoms with E-state index in [1.54, 1.807) is 4.90 Å². The quantitative estimate of drug-likeness (QED) is 0.237. The van der Waals surface area contributed by atoms with Crippen LogP contribution in [0, 0.1) is 0 Å². The van der Waals surface area contributed by atoms with Crippen LogP contribution < -0.4 is 20.3 Å². The van der Waals surface area contributed by atoms with Gasteiger partial charge in [0.2, 0.25) is 0 Å². The number of hydrogen-bond donors (Lipinski definition) is 2. The van der Waals surface area contributed by atoms with Gasteiger partial charge in [0.05, 0.1) is 12.0 Å². The summed E-state index contributed by atoms with van der Waals surface area (Å²) in [6.45, 7) is 16.2. The van der Waals surface area contributed by atoms with E-state index in [2.05, 4.69) is 119 Å². The lowest BCUT2D eigenvalue weighted by Gasteiger charge is -2.28. The third-order valence-corrected chi connectivity index (χ3v) is 10.4. The molecule has 0 fully saturated rings. The summed E-state index contributed by atoms with van der Waals surface area (Å²) in [5.74, 6) is 1.81. The summed E-state index contributed by atoms with van der Waals surface area (Å²) in [6.07, 6.45) is 14.9. The zero-order chi connectivity index (χ0) is 32.5. The van der Waals surface area contributed by atoms with Crippen LogP contribution in [0.25, 0.3) is 0 Å². The van der Waals surface area contributed by atoms with Gasteiger partial charge in [0.25, 0.3) is 0 Å². The van der Waals surface area contributed by atoms with E-state index >= 15 is 0 Å². The maximum Gasteiger partial charge on any atom is 0.135 e. The highest BCUT2D eigenvalue weighted by molar-refractivity contribution is 5.71. The summed E-state index contributed by atoms with van der Waals surface area (Å²) in [5, 5.41) is 0. The molecular formula is C42H52N3O+. The van der Waals surface area contributed by atoms with Crippen molar-refractivity contribution in [2.75, 3.05) is 23.7 Å². The first-order valence-corrected chi connectivity index (χ1v) is 17.4. The molecule has 0 bridgehead atoms. The highest BCUT2D eigenvalue weighted by Crippen LogP contribution is 2.48. The Bertz CT molecular complexity index is 1690. The Kier molecular flexibility index (Phi) is 9.03. The van der Waals surface area contributed by atoms with Crippen LogP contribution in [0.2, 0.25) is 0 Å². The van der Waals surface area contributed by atoms with E-state index < -0.39 is 0 Å². The summed E-state index contributed by atoms with van der Waals surface area (Å²) < 4.78 is 6.80. The van der Waals surface area contributed by atoms with E-state index in [1.807, 2.05) is 24.3 Å². The summed E-state index contributed by atoms with van der Waals surface area (Å²) in [6, 6.07) is 26.1. The number of hydrogen-bond acceptors (Lipinski definition) is 3. The van der Waals surface area contributed by atoms with Gasteiger partial charge in [0, 0.05) is 34.6 Å². The standard InChI is InChI=1S/C42H51N3O/c1-7-28-44-36-18-11-9-16-34(36)41(3,4)38(44)26-20-30-14-13-15-31(40(30)46-33-24-22-32(43)23-25-33)21-27-39-42(5,6)35-17-10-12-19-37(35)45(39)29-8-2/h9-12,16-27,38H,7-8,13-15,28-29,43H2,1-6H3/p+1/b26-20+,31-21+,39-27+. The summed E-state index contributed by atoms with van der Waals surface area (Å²) in [4.78, 5) is 4.09. The van der Waals surface area contributed by atoms with Crippen molar-refractivity contribution in [3.8, 4) is 5.75 Å². The van der Waals surface area contributed by atoms with Gasteiger partial charge in [0.15, 0.2) is 0 Å². The van der Waals surface area contributed by atoms with Crippen LogP contribution in [0.4, 0.5) is 17.1 Å². The van der Waals surface area contributed by atoms with Crippen molar-refractivity contribution >= 4 is 17.1 Å². The molecule has 2 unspecified atom stereocenters. The molecule has 0 radical (unpaired) electrons. The number of rotatable bonds is 9. The molecule has 6 rings (SSSR count). The lowest BCUT2D eigenvalue weighted by Crippen LogP contribution is -3.10. The first-order valence-electron chi connectivity index (χ1n) is 17.4. The van der Waals surface area contributed by atoms with Gasteiger partial charge in [-0.3, -0.25) is 4.90 Å². The second kappa shape index (κ2) is 13.0. The average molecular weight is 615 g/mol. The SMILES string of the molecule is CCCN1/C(=C/C=C2\CCCC(/C=C/C3[NH+](CCC)c4ccccc4C3(C)C)=C2Oc2ccc(N)cc2)C(C)(C)c2ccccc21. The Hall–Kier alpha value is -4.02. The van der Waals surface area contributed by atoms with Crippen LogP contribution in [0.5, 0.6) is 5.75 Å². The molecule has 46 heavy (non-hydrogen) atoms. The minimum atomic E-state index is -0.0729. The lowest BCUT2D eigenvalue weighted by molar-refractivity contribution is -0.850. The zero-order valence-corrected chi connectivity index (χ0v) is 28.7. The Morgan fingerprint density at radius 2 is 1.59 bits per heavy atom. The average Bonchev–Trinajstić information content (AvgIpc) is 3.39. The van der Waals surface area contributed by atoms with Crippen molar-refractivity contribution in [2.24, 2.45) is 0 Å². The van der Waals surface area contributed by atoms with Crippen molar-refractivity contribution in [2.45, 2.75) is 90.5 Å². The predicted octanol–water partition coefficient (Wildman–Crippen LogP) is 8.95. The normalized spacial score (nSPS) is 23.4. The van der Waals surface area contributed by atoms with Crippen molar-refractivity contribution in [3.63, 3.8) is 0 Å². The molecule has 4 heteroatoms. The summed E-state index contributed by atoms with van der Waals surface area (Å²) >= 11 is 0. The van der Waals surface area contributed by atoms with E-state index in [9.17, 15) is 0 Å². The number of nitrogens with two attached hydrogens (primary N) is 1. The number of benzene rings is 3. The Morgan fingerprint density at radius 1 is 0.870 bits per heavy atom. The number of anilines is 2. The number of nitrogens with zero attached hydrogens (tertiary/aromatic N) is 1. The first-order chi connectivity index (χ1) is 22.2. The highest BCUT2D eigenvalue weighted by atomic mass is 16.5. The van der Waals surface area contributed by atoms with Crippen LogP contribution in [0.3, 0.4) is 0 Å². The number of nitrogen functional groups attached to an aromatic ring is 1. The molecule has 3 aliphatic rings. The van der Waals surface area contributed by atoms with Gasteiger partial charge in [-0.05, 0) is 111 Å². The van der Waals surface area contributed by atoms with Gasteiger partial charge in [0.1, 0.15) is 23.2 Å². The molecule has 0 saturated heterocycles. The van der Waals surface area contributed by atoms with Crippen LogP contribution in [0.1, 0.15) is 84.8 Å². The molecule has 240 valence electrons. The monoisotopic (exact) mass is 614 g/mol. The van der Waals surface area contributed by atoms with Crippen molar-refractivity contribution in [1.29, 1.82) is 0 Å². The molecule has 3 aromatic rings. The number of para-hydroxylation sites is 2.